The number of nitrogens with zero attached hydrogens (tertiary/aromatic N) is 2. The Morgan fingerprint density at radius 2 is 2.07 bits per heavy atom. The van der Waals surface area contributed by atoms with Crippen LogP contribution in [0.5, 0.6) is 0 Å². The monoisotopic (exact) mass is 384 g/mol. The normalized spacial score (nSPS) is 29.8. The van der Waals surface area contributed by atoms with Crippen LogP contribution in [0.3, 0.4) is 0 Å². The Kier molecular flexibility index (Phi) is 4.25. The minimum Gasteiger partial charge on any atom is -0.481 e. The molecule has 2 bridgehead atoms. The van der Waals surface area contributed by atoms with Gasteiger partial charge in [-0.1, -0.05) is 6.08 Å². The highest BCUT2D eigenvalue weighted by molar-refractivity contribution is 5.90. The van der Waals surface area contributed by atoms with Gasteiger partial charge in [0, 0.05) is 29.9 Å². The molecule has 6 nitrogen and oxygen atoms in total. The molecular formula is C21H25FN4O2. The van der Waals surface area contributed by atoms with Crippen LogP contribution in [0.15, 0.2) is 30.2 Å². The molecule has 3 saturated carbocycles. The molecular weight excluding hydrogens is 359 g/mol. The van der Waals surface area contributed by atoms with E-state index in [0.717, 1.165) is 55.4 Å². The van der Waals surface area contributed by atoms with E-state index in [1.54, 1.807) is 0 Å². The summed E-state index contributed by atoms with van der Waals surface area (Å²) in [7, 11) is 0. The van der Waals surface area contributed by atoms with Crippen LogP contribution >= 0.6 is 0 Å². The van der Waals surface area contributed by atoms with E-state index in [0.29, 0.717) is 24.0 Å². The molecule has 28 heavy (non-hydrogen) atoms. The van der Waals surface area contributed by atoms with Gasteiger partial charge >= 0.3 is 5.97 Å². The van der Waals surface area contributed by atoms with Gasteiger partial charge in [-0.25, -0.2) is 9.37 Å². The second-order valence-corrected chi connectivity index (χ2v) is 8.37. The summed E-state index contributed by atoms with van der Waals surface area (Å²) in [5.74, 6) is -0.577. The van der Waals surface area contributed by atoms with Gasteiger partial charge in [0.15, 0.2) is 0 Å². The quantitative estimate of drug-likeness (QED) is 0.754. The summed E-state index contributed by atoms with van der Waals surface area (Å²) in [4.78, 5) is 21.3. The lowest BCUT2D eigenvalue weighted by Gasteiger charge is -2.48. The summed E-state index contributed by atoms with van der Waals surface area (Å²) < 4.78 is 13.7. The van der Waals surface area contributed by atoms with Crippen LogP contribution in [0.2, 0.25) is 0 Å². The number of fused-ring (bicyclic) bond motifs is 4. The van der Waals surface area contributed by atoms with E-state index in [4.69, 9.17) is 0 Å². The van der Waals surface area contributed by atoms with Crippen LogP contribution < -0.4 is 10.2 Å². The lowest BCUT2D eigenvalue weighted by Crippen LogP contribution is -2.55. The molecule has 3 heterocycles. The number of hydrogen-bond acceptors (Lipinski definition) is 4. The number of nitrogens with one attached hydrogen (secondary N) is 2. The van der Waals surface area contributed by atoms with Gasteiger partial charge in [-0.15, -0.1) is 0 Å². The summed E-state index contributed by atoms with van der Waals surface area (Å²) in [6.45, 7) is 1.51. The first-order chi connectivity index (χ1) is 13.6. The van der Waals surface area contributed by atoms with Crippen LogP contribution in [0.4, 0.5) is 10.1 Å². The van der Waals surface area contributed by atoms with E-state index < -0.39 is 5.97 Å². The van der Waals surface area contributed by atoms with Crippen LogP contribution in [-0.4, -0.2) is 40.2 Å². The van der Waals surface area contributed by atoms with E-state index in [9.17, 15) is 14.3 Å². The van der Waals surface area contributed by atoms with E-state index in [2.05, 4.69) is 26.3 Å². The maximum atomic E-state index is 13.7. The summed E-state index contributed by atoms with van der Waals surface area (Å²) in [6.07, 6.45) is 10.5. The minimum absolute atomic E-state index is 0.0123. The fourth-order valence-corrected chi connectivity index (χ4v) is 5.51. The second kappa shape index (κ2) is 6.79. The number of pyridine rings is 1. The predicted octanol–water partition coefficient (Wildman–Crippen LogP) is 3.28. The number of aromatic nitrogens is 2. The van der Waals surface area contributed by atoms with Crippen LogP contribution in [0.1, 0.15) is 32.1 Å². The molecule has 0 aromatic carbocycles. The van der Waals surface area contributed by atoms with Crippen molar-refractivity contribution in [1.29, 1.82) is 0 Å². The number of rotatable bonds is 4. The van der Waals surface area contributed by atoms with Crippen molar-refractivity contribution in [3.8, 4) is 0 Å². The van der Waals surface area contributed by atoms with E-state index in [1.165, 1.54) is 12.3 Å². The molecule has 1 aliphatic heterocycles. The molecule has 0 saturated heterocycles. The molecule has 3 aliphatic carbocycles. The Morgan fingerprint density at radius 1 is 1.29 bits per heavy atom. The Labute approximate surface area is 162 Å². The number of H-pyrrole nitrogens is 1. The third kappa shape index (κ3) is 2.93. The smallest absolute Gasteiger partial charge is 0.308 e. The Balaban J connectivity index is 1.36. The van der Waals surface area contributed by atoms with Crippen LogP contribution in [0.25, 0.3) is 11.0 Å². The van der Waals surface area contributed by atoms with Crippen molar-refractivity contribution in [2.75, 3.05) is 18.0 Å². The molecule has 7 heteroatoms. The van der Waals surface area contributed by atoms with Gasteiger partial charge in [0.25, 0.3) is 0 Å². The fraction of sp³-hybridized carbons (Fsp3) is 0.524. The number of hydrogen-bond donors (Lipinski definition) is 3. The number of carbonyl (C=O) groups is 1. The molecule has 0 spiro atoms. The topological polar surface area (TPSA) is 81.2 Å². The Morgan fingerprint density at radius 3 is 2.86 bits per heavy atom. The predicted molar refractivity (Wildman–Crippen MR) is 104 cm³/mol. The molecule has 2 aromatic rings. The first-order valence-corrected chi connectivity index (χ1v) is 10.2. The van der Waals surface area contributed by atoms with Crippen molar-refractivity contribution >= 4 is 22.7 Å². The van der Waals surface area contributed by atoms with Gasteiger partial charge in [-0.05, 0) is 50.0 Å². The number of carboxylic acid groups (broad SMARTS) is 1. The van der Waals surface area contributed by atoms with Gasteiger partial charge in [0.1, 0.15) is 11.5 Å². The minimum atomic E-state index is -0.668. The zero-order chi connectivity index (χ0) is 19.3. The third-order valence-corrected chi connectivity index (χ3v) is 6.82. The lowest BCUT2D eigenvalue weighted by molar-refractivity contribution is -0.149. The number of halogens is 1. The van der Waals surface area contributed by atoms with Gasteiger partial charge in [0.2, 0.25) is 0 Å². The molecule has 6 rings (SSSR count). The Bertz CT molecular complexity index is 932. The number of aliphatic carboxylic acids is 1. The van der Waals surface area contributed by atoms with Crippen molar-refractivity contribution in [3.63, 3.8) is 0 Å². The average molecular weight is 384 g/mol. The fourth-order valence-electron chi connectivity index (χ4n) is 5.51. The lowest BCUT2D eigenvalue weighted by atomic mass is 9.61. The van der Waals surface area contributed by atoms with E-state index in [1.807, 2.05) is 6.20 Å². The molecule has 148 valence electrons. The maximum absolute atomic E-state index is 13.7. The molecule has 3 fully saturated rings. The van der Waals surface area contributed by atoms with Crippen molar-refractivity contribution in [1.82, 2.24) is 15.3 Å². The van der Waals surface area contributed by atoms with Gasteiger partial charge in [0.05, 0.1) is 24.3 Å². The van der Waals surface area contributed by atoms with E-state index in [-0.39, 0.29) is 17.8 Å². The summed E-state index contributed by atoms with van der Waals surface area (Å²) in [6, 6.07) is 1.53. The standard InChI is InChI=1S/C21H25FN4O2/c22-14-8-16-17(10-24-20(16)23-9-14)26-7-1-2-15(11-26)25-19-13-5-3-12(4-6-13)18(19)21(27)28/h2,8-10,12-13,18-19,25H,1,3-7,11H2,(H,23,24)(H,27,28)/t12?,13?,18-,19?/m0/s1. The average Bonchev–Trinajstić information content (AvgIpc) is 3.12. The highest BCUT2D eigenvalue weighted by atomic mass is 19.1. The van der Waals surface area contributed by atoms with Gasteiger partial charge in [-0.3, -0.25) is 4.79 Å². The highest BCUT2D eigenvalue weighted by Crippen LogP contribution is 2.45. The second-order valence-electron chi connectivity index (χ2n) is 8.37. The molecule has 3 N–H and O–H groups in total. The molecule has 2 aromatic heterocycles. The molecule has 0 radical (unpaired) electrons. The van der Waals surface area contributed by atoms with Crippen LogP contribution in [-0.2, 0) is 4.79 Å². The third-order valence-electron chi connectivity index (χ3n) is 6.82. The van der Waals surface area contributed by atoms with E-state index >= 15 is 0 Å². The molecule has 1 unspecified atom stereocenters. The zero-order valence-corrected chi connectivity index (χ0v) is 15.7. The SMILES string of the molecule is O=C(O)[C@H]1C2CCC(CC2)C1NC1=CCCN(c2c[nH]c3ncc(F)cc23)C1. The summed E-state index contributed by atoms with van der Waals surface area (Å²) in [5, 5.41) is 14.2. The highest BCUT2D eigenvalue weighted by Gasteiger charge is 2.47. The first-order valence-electron chi connectivity index (χ1n) is 10.2. The van der Waals surface area contributed by atoms with Crippen LogP contribution in [0, 0.1) is 23.6 Å². The summed E-state index contributed by atoms with van der Waals surface area (Å²) in [5.41, 5.74) is 2.69. The largest absolute Gasteiger partial charge is 0.481 e. The van der Waals surface area contributed by atoms with Crippen molar-refractivity contribution < 1.29 is 14.3 Å². The maximum Gasteiger partial charge on any atom is 0.308 e. The van der Waals surface area contributed by atoms with Gasteiger partial charge < -0.3 is 20.3 Å². The number of carboxylic acids is 1. The summed E-state index contributed by atoms with van der Waals surface area (Å²) >= 11 is 0. The number of aromatic amines is 1. The first kappa shape index (κ1) is 17.5. The molecule has 0 amide bonds. The molecule has 2 atom stereocenters. The van der Waals surface area contributed by atoms with Crippen molar-refractivity contribution in [3.05, 3.63) is 36.1 Å². The Hall–Kier alpha value is -2.57. The number of anilines is 1. The van der Waals surface area contributed by atoms with Gasteiger partial charge in [-0.2, -0.15) is 0 Å². The van der Waals surface area contributed by atoms with Crippen molar-refractivity contribution in [2.45, 2.75) is 38.1 Å². The van der Waals surface area contributed by atoms with Crippen molar-refractivity contribution in [2.24, 2.45) is 17.8 Å². The molecule has 4 aliphatic rings. The zero-order valence-electron chi connectivity index (χ0n) is 15.7.